The van der Waals surface area contributed by atoms with Crippen molar-refractivity contribution in [2.75, 3.05) is 7.11 Å². The van der Waals surface area contributed by atoms with E-state index in [1.165, 1.54) is 0 Å². The summed E-state index contributed by atoms with van der Waals surface area (Å²) in [6, 6.07) is 7.72. The van der Waals surface area contributed by atoms with Crippen LogP contribution in [0.25, 0.3) is 0 Å². The summed E-state index contributed by atoms with van der Waals surface area (Å²) in [7, 11) is 1.63. The minimum absolute atomic E-state index is 0.0765. The van der Waals surface area contributed by atoms with E-state index in [0.29, 0.717) is 17.8 Å². The van der Waals surface area contributed by atoms with Crippen molar-refractivity contribution in [1.82, 2.24) is 9.97 Å². The van der Waals surface area contributed by atoms with E-state index >= 15 is 0 Å². The van der Waals surface area contributed by atoms with Crippen molar-refractivity contribution in [3.63, 3.8) is 0 Å². The highest BCUT2D eigenvalue weighted by Gasteiger charge is 2.07. The fourth-order valence-corrected chi connectivity index (χ4v) is 1.82. The first-order valence-electron chi connectivity index (χ1n) is 5.80. The van der Waals surface area contributed by atoms with Gasteiger partial charge in [0, 0.05) is 23.2 Å². The zero-order valence-corrected chi connectivity index (χ0v) is 10.8. The van der Waals surface area contributed by atoms with Gasteiger partial charge in [0.1, 0.15) is 11.6 Å². The fraction of sp³-hybridized carbons (Fsp3) is 0.286. The monoisotopic (exact) mass is 244 g/mol. The average molecular weight is 244 g/mol. The van der Waals surface area contributed by atoms with Crippen molar-refractivity contribution in [1.29, 1.82) is 0 Å². The van der Waals surface area contributed by atoms with Gasteiger partial charge in [-0.15, -0.1) is 0 Å². The standard InChI is InChI=1S/C14H16N2O2/c1-9-10(2)15-13(16-14(9)17)8-11-6-4-5-7-12(11)18-3/h4-7H,8H2,1-3H3,(H,15,16,17). The van der Waals surface area contributed by atoms with Crippen LogP contribution >= 0.6 is 0 Å². The van der Waals surface area contributed by atoms with Gasteiger partial charge in [-0.25, -0.2) is 4.98 Å². The lowest BCUT2D eigenvalue weighted by molar-refractivity contribution is 0.410. The van der Waals surface area contributed by atoms with Crippen LogP contribution in [0.1, 0.15) is 22.6 Å². The Kier molecular flexibility index (Phi) is 3.46. The predicted molar refractivity (Wildman–Crippen MR) is 70.1 cm³/mol. The Hall–Kier alpha value is -2.10. The number of aromatic nitrogens is 2. The van der Waals surface area contributed by atoms with E-state index in [-0.39, 0.29) is 5.56 Å². The molecule has 0 saturated carbocycles. The first-order valence-corrected chi connectivity index (χ1v) is 5.80. The van der Waals surface area contributed by atoms with E-state index in [4.69, 9.17) is 4.74 Å². The van der Waals surface area contributed by atoms with Crippen molar-refractivity contribution >= 4 is 0 Å². The van der Waals surface area contributed by atoms with E-state index in [1.54, 1.807) is 14.0 Å². The number of nitrogens with one attached hydrogen (secondary N) is 1. The SMILES string of the molecule is COc1ccccc1Cc1nc(C)c(C)c(=O)[nH]1. The largest absolute Gasteiger partial charge is 0.496 e. The van der Waals surface area contributed by atoms with Crippen molar-refractivity contribution in [2.45, 2.75) is 20.3 Å². The molecule has 0 atom stereocenters. The Labute approximate surface area is 106 Å². The molecule has 0 fully saturated rings. The van der Waals surface area contributed by atoms with Crippen molar-refractivity contribution in [3.05, 3.63) is 57.3 Å². The quantitative estimate of drug-likeness (QED) is 0.898. The van der Waals surface area contributed by atoms with Crippen LogP contribution in [0.3, 0.4) is 0 Å². The third-order valence-electron chi connectivity index (χ3n) is 2.99. The maximum atomic E-state index is 11.7. The second-order valence-corrected chi connectivity index (χ2v) is 4.21. The number of aromatic amines is 1. The number of H-pyrrole nitrogens is 1. The summed E-state index contributed by atoms with van der Waals surface area (Å²) in [6.07, 6.45) is 0.556. The highest BCUT2D eigenvalue weighted by molar-refractivity contribution is 5.35. The lowest BCUT2D eigenvalue weighted by atomic mass is 10.1. The topological polar surface area (TPSA) is 55.0 Å². The molecule has 0 aliphatic rings. The molecule has 0 aliphatic carbocycles. The summed E-state index contributed by atoms with van der Waals surface area (Å²) >= 11 is 0. The van der Waals surface area contributed by atoms with E-state index in [9.17, 15) is 4.79 Å². The molecule has 18 heavy (non-hydrogen) atoms. The number of methoxy groups -OCH3 is 1. The van der Waals surface area contributed by atoms with Crippen LogP contribution < -0.4 is 10.3 Å². The predicted octanol–water partition coefficient (Wildman–Crippen LogP) is 1.99. The number of para-hydroxylation sites is 1. The molecule has 4 heteroatoms. The molecular weight excluding hydrogens is 228 g/mol. The molecule has 1 heterocycles. The van der Waals surface area contributed by atoms with Crippen LogP contribution in [0.4, 0.5) is 0 Å². The van der Waals surface area contributed by atoms with Gasteiger partial charge in [-0.3, -0.25) is 4.79 Å². The van der Waals surface area contributed by atoms with Crippen LogP contribution in [0.2, 0.25) is 0 Å². The summed E-state index contributed by atoms with van der Waals surface area (Å²) in [4.78, 5) is 18.9. The number of ether oxygens (including phenoxy) is 1. The Morgan fingerprint density at radius 3 is 2.67 bits per heavy atom. The highest BCUT2D eigenvalue weighted by Crippen LogP contribution is 2.19. The van der Waals surface area contributed by atoms with Crippen LogP contribution in [0.5, 0.6) is 5.75 Å². The van der Waals surface area contributed by atoms with Crippen LogP contribution in [-0.2, 0) is 6.42 Å². The first-order chi connectivity index (χ1) is 8.61. The molecule has 0 amide bonds. The maximum Gasteiger partial charge on any atom is 0.254 e. The lowest BCUT2D eigenvalue weighted by Crippen LogP contribution is -2.16. The lowest BCUT2D eigenvalue weighted by Gasteiger charge is -2.08. The Balaban J connectivity index is 2.37. The molecule has 0 bridgehead atoms. The molecule has 0 aliphatic heterocycles. The molecule has 1 aromatic heterocycles. The summed E-state index contributed by atoms with van der Waals surface area (Å²) < 4.78 is 5.28. The Bertz CT molecular complexity index is 617. The number of hydrogen-bond donors (Lipinski definition) is 1. The first kappa shape index (κ1) is 12.4. The normalized spacial score (nSPS) is 10.4. The minimum atomic E-state index is -0.0765. The number of rotatable bonds is 3. The average Bonchev–Trinajstić information content (AvgIpc) is 2.36. The van der Waals surface area contributed by atoms with Gasteiger partial charge in [-0.05, 0) is 19.9 Å². The fourth-order valence-electron chi connectivity index (χ4n) is 1.82. The number of hydrogen-bond acceptors (Lipinski definition) is 3. The van der Waals surface area contributed by atoms with Crippen molar-refractivity contribution in [2.24, 2.45) is 0 Å². The molecule has 2 rings (SSSR count). The zero-order chi connectivity index (χ0) is 13.1. The summed E-state index contributed by atoms with van der Waals surface area (Å²) in [5, 5.41) is 0. The second-order valence-electron chi connectivity index (χ2n) is 4.21. The molecule has 94 valence electrons. The van der Waals surface area contributed by atoms with Gasteiger partial charge in [0.2, 0.25) is 0 Å². The smallest absolute Gasteiger partial charge is 0.254 e. The van der Waals surface area contributed by atoms with E-state index < -0.39 is 0 Å². The van der Waals surface area contributed by atoms with Gasteiger partial charge in [-0.2, -0.15) is 0 Å². The minimum Gasteiger partial charge on any atom is -0.496 e. The van der Waals surface area contributed by atoms with Gasteiger partial charge < -0.3 is 9.72 Å². The number of aryl methyl sites for hydroxylation is 1. The summed E-state index contributed by atoms with van der Waals surface area (Å²) in [5.74, 6) is 1.46. The molecule has 0 spiro atoms. The van der Waals surface area contributed by atoms with Crippen LogP contribution in [-0.4, -0.2) is 17.1 Å². The molecule has 0 radical (unpaired) electrons. The number of benzene rings is 1. The highest BCUT2D eigenvalue weighted by atomic mass is 16.5. The number of nitrogens with zero attached hydrogens (tertiary/aromatic N) is 1. The van der Waals surface area contributed by atoms with Crippen molar-refractivity contribution in [3.8, 4) is 5.75 Å². The van der Waals surface area contributed by atoms with Gasteiger partial charge in [0.05, 0.1) is 7.11 Å². The second kappa shape index (κ2) is 5.04. The summed E-state index contributed by atoms with van der Waals surface area (Å²) in [5.41, 5.74) is 2.36. The van der Waals surface area contributed by atoms with Crippen molar-refractivity contribution < 1.29 is 4.74 Å². The molecule has 0 saturated heterocycles. The van der Waals surface area contributed by atoms with E-state index in [2.05, 4.69) is 9.97 Å². The third-order valence-corrected chi connectivity index (χ3v) is 2.99. The van der Waals surface area contributed by atoms with Crippen LogP contribution in [0.15, 0.2) is 29.1 Å². The molecule has 2 aromatic rings. The van der Waals surface area contributed by atoms with Gasteiger partial charge in [-0.1, -0.05) is 18.2 Å². The van der Waals surface area contributed by atoms with Gasteiger partial charge in [0.15, 0.2) is 0 Å². The van der Waals surface area contributed by atoms with Crippen LogP contribution in [0, 0.1) is 13.8 Å². The zero-order valence-electron chi connectivity index (χ0n) is 10.8. The van der Waals surface area contributed by atoms with Gasteiger partial charge >= 0.3 is 0 Å². The Morgan fingerprint density at radius 1 is 1.28 bits per heavy atom. The molecule has 4 nitrogen and oxygen atoms in total. The molecule has 1 N–H and O–H groups in total. The molecular formula is C14H16N2O2. The Morgan fingerprint density at radius 2 is 2.00 bits per heavy atom. The van der Waals surface area contributed by atoms with Gasteiger partial charge in [0.25, 0.3) is 5.56 Å². The molecule has 1 aromatic carbocycles. The van der Waals surface area contributed by atoms with E-state index in [0.717, 1.165) is 17.0 Å². The molecule has 0 unspecified atom stereocenters. The third kappa shape index (κ3) is 2.42. The maximum absolute atomic E-state index is 11.7. The van der Waals surface area contributed by atoms with E-state index in [1.807, 2.05) is 31.2 Å². The summed E-state index contributed by atoms with van der Waals surface area (Å²) in [6.45, 7) is 3.62.